The summed E-state index contributed by atoms with van der Waals surface area (Å²) in [7, 11) is 0. The summed E-state index contributed by atoms with van der Waals surface area (Å²) in [4.78, 5) is 11.4. The lowest BCUT2D eigenvalue weighted by Gasteiger charge is -2.16. The van der Waals surface area contributed by atoms with E-state index in [1.54, 1.807) is 0 Å². The van der Waals surface area contributed by atoms with Gasteiger partial charge in [-0.1, -0.05) is 6.07 Å². The summed E-state index contributed by atoms with van der Waals surface area (Å²) in [6.07, 6.45) is 4.91. The van der Waals surface area contributed by atoms with Crippen LogP contribution in [0.1, 0.15) is 39.9 Å². The molecule has 0 fully saturated rings. The SMILES string of the molecule is O=C1NCc2cc3c(cc21)CCCC3. The Bertz CT molecular complexity index is 409. The van der Waals surface area contributed by atoms with Crippen LogP contribution in [0.5, 0.6) is 0 Å². The Morgan fingerprint density at radius 3 is 2.50 bits per heavy atom. The number of carbonyl (C=O) groups excluding carboxylic acids is 1. The van der Waals surface area contributed by atoms with E-state index < -0.39 is 0 Å². The minimum absolute atomic E-state index is 0.105. The first-order valence-electron chi connectivity index (χ1n) is 5.27. The fourth-order valence-electron chi connectivity index (χ4n) is 2.47. The normalized spacial score (nSPS) is 18.7. The minimum Gasteiger partial charge on any atom is -0.348 e. The van der Waals surface area contributed by atoms with Crippen LogP contribution in [0.15, 0.2) is 12.1 Å². The van der Waals surface area contributed by atoms with E-state index in [0.717, 1.165) is 18.5 Å². The predicted molar refractivity (Wildman–Crippen MR) is 54.3 cm³/mol. The molecule has 1 heterocycles. The molecule has 14 heavy (non-hydrogen) atoms. The zero-order valence-corrected chi connectivity index (χ0v) is 8.10. The van der Waals surface area contributed by atoms with E-state index in [-0.39, 0.29) is 5.91 Å². The lowest BCUT2D eigenvalue weighted by molar-refractivity contribution is 0.0965. The largest absolute Gasteiger partial charge is 0.348 e. The van der Waals surface area contributed by atoms with Gasteiger partial charge in [0.15, 0.2) is 0 Å². The molecule has 1 aromatic rings. The summed E-state index contributed by atoms with van der Waals surface area (Å²) in [6, 6.07) is 4.33. The van der Waals surface area contributed by atoms with E-state index in [2.05, 4.69) is 17.4 Å². The summed E-state index contributed by atoms with van der Waals surface area (Å²) in [6.45, 7) is 0.724. The molecule has 1 amide bonds. The van der Waals surface area contributed by atoms with Gasteiger partial charge in [0.2, 0.25) is 0 Å². The van der Waals surface area contributed by atoms with Gasteiger partial charge in [-0.2, -0.15) is 0 Å². The van der Waals surface area contributed by atoms with E-state index in [1.165, 1.54) is 36.0 Å². The lowest BCUT2D eigenvalue weighted by Crippen LogP contribution is -2.12. The predicted octanol–water partition coefficient (Wildman–Crippen LogP) is 1.81. The van der Waals surface area contributed by atoms with E-state index in [1.807, 2.05) is 0 Å². The monoisotopic (exact) mass is 187 g/mol. The van der Waals surface area contributed by atoms with Gasteiger partial charge in [0.05, 0.1) is 0 Å². The highest BCUT2D eigenvalue weighted by Gasteiger charge is 2.21. The fraction of sp³-hybridized carbons (Fsp3) is 0.417. The molecule has 3 rings (SSSR count). The van der Waals surface area contributed by atoms with Gasteiger partial charge in [0, 0.05) is 12.1 Å². The van der Waals surface area contributed by atoms with E-state index in [4.69, 9.17) is 0 Å². The van der Waals surface area contributed by atoms with Crippen molar-refractivity contribution in [3.63, 3.8) is 0 Å². The van der Waals surface area contributed by atoms with Crippen LogP contribution in [0.3, 0.4) is 0 Å². The third-order valence-corrected chi connectivity index (χ3v) is 3.25. The molecule has 0 atom stereocenters. The molecule has 2 nitrogen and oxygen atoms in total. The van der Waals surface area contributed by atoms with E-state index in [0.29, 0.717) is 0 Å². The van der Waals surface area contributed by atoms with Crippen molar-refractivity contribution in [1.82, 2.24) is 5.32 Å². The molecule has 72 valence electrons. The van der Waals surface area contributed by atoms with Crippen molar-refractivity contribution in [3.05, 3.63) is 34.4 Å². The second kappa shape index (κ2) is 2.84. The van der Waals surface area contributed by atoms with Crippen molar-refractivity contribution >= 4 is 5.91 Å². The third kappa shape index (κ3) is 1.07. The van der Waals surface area contributed by atoms with Crippen LogP contribution in [0.4, 0.5) is 0 Å². The number of amides is 1. The van der Waals surface area contributed by atoms with Gasteiger partial charge in [0.25, 0.3) is 5.91 Å². The van der Waals surface area contributed by atoms with Crippen LogP contribution < -0.4 is 5.32 Å². The molecule has 0 radical (unpaired) electrons. The number of hydrogen-bond acceptors (Lipinski definition) is 1. The van der Waals surface area contributed by atoms with Crippen LogP contribution >= 0.6 is 0 Å². The van der Waals surface area contributed by atoms with E-state index in [9.17, 15) is 4.79 Å². The van der Waals surface area contributed by atoms with Gasteiger partial charge >= 0.3 is 0 Å². The first-order valence-corrected chi connectivity index (χ1v) is 5.27. The van der Waals surface area contributed by atoms with Gasteiger partial charge in [-0.15, -0.1) is 0 Å². The number of fused-ring (bicyclic) bond motifs is 2. The molecular formula is C12H13NO. The van der Waals surface area contributed by atoms with Crippen LogP contribution in [0, 0.1) is 0 Å². The lowest BCUT2D eigenvalue weighted by atomic mass is 9.89. The summed E-state index contributed by atoms with van der Waals surface area (Å²) in [5.41, 5.74) is 4.96. The third-order valence-electron chi connectivity index (χ3n) is 3.25. The Labute approximate surface area is 83.3 Å². The van der Waals surface area contributed by atoms with Crippen LogP contribution in [0.25, 0.3) is 0 Å². The fourth-order valence-corrected chi connectivity index (χ4v) is 2.47. The maximum absolute atomic E-state index is 11.4. The molecule has 1 aliphatic carbocycles. The second-order valence-corrected chi connectivity index (χ2v) is 4.17. The van der Waals surface area contributed by atoms with E-state index >= 15 is 0 Å². The Kier molecular flexibility index (Phi) is 1.63. The summed E-state index contributed by atoms with van der Waals surface area (Å²) < 4.78 is 0. The molecule has 1 aromatic carbocycles. The van der Waals surface area contributed by atoms with Crippen molar-refractivity contribution in [3.8, 4) is 0 Å². The Morgan fingerprint density at radius 1 is 1.00 bits per heavy atom. The van der Waals surface area contributed by atoms with Gasteiger partial charge in [0.1, 0.15) is 0 Å². The topological polar surface area (TPSA) is 29.1 Å². The van der Waals surface area contributed by atoms with Crippen molar-refractivity contribution in [2.75, 3.05) is 0 Å². The van der Waals surface area contributed by atoms with Gasteiger partial charge in [-0.05, 0) is 48.4 Å². The molecule has 1 aliphatic heterocycles. The summed E-state index contributed by atoms with van der Waals surface area (Å²) in [5, 5.41) is 2.87. The first kappa shape index (κ1) is 8.04. The molecule has 0 aromatic heterocycles. The number of rotatable bonds is 0. The standard InChI is InChI=1S/C12H13NO/c14-12-11-6-9-4-2-1-3-8(9)5-10(11)7-13-12/h5-6H,1-4,7H2,(H,13,14). The number of nitrogens with one attached hydrogen (secondary N) is 1. The maximum Gasteiger partial charge on any atom is 0.251 e. The molecule has 0 spiro atoms. The van der Waals surface area contributed by atoms with Gasteiger partial charge in [-0.3, -0.25) is 4.79 Å². The van der Waals surface area contributed by atoms with Crippen LogP contribution in [-0.4, -0.2) is 5.91 Å². The van der Waals surface area contributed by atoms with Gasteiger partial charge < -0.3 is 5.32 Å². The molecule has 0 unspecified atom stereocenters. The van der Waals surface area contributed by atoms with Crippen LogP contribution in [0.2, 0.25) is 0 Å². The zero-order chi connectivity index (χ0) is 9.54. The number of hydrogen-bond donors (Lipinski definition) is 1. The van der Waals surface area contributed by atoms with Crippen molar-refractivity contribution in [2.45, 2.75) is 32.2 Å². The molecule has 0 saturated heterocycles. The second-order valence-electron chi connectivity index (χ2n) is 4.17. The summed E-state index contributed by atoms with van der Waals surface area (Å²) in [5.74, 6) is 0.105. The number of aryl methyl sites for hydroxylation is 2. The zero-order valence-electron chi connectivity index (χ0n) is 8.10. The first-order chi connectivity index (χ1) is 6.84. The highest BCUT2D eigenvalue weighted by molar-refractivity contribution is 5.98. The molecule has 1 N–H and O–H groups in total. The Morgan fingerprint density at radius 2 is 1.71 bits per heavy atom. The highest BCUT2D eigenvalue weighted by Crippen LogP contribution is 2.26. The highest BCUT2D eigenvalue weighted by atomic mass is 16.1. The molecule has 0 saturated carbocycles. The number of carbonyl (C=O) groups is 1. The average molecular weight is 187 g/mol. The quantitative estimate of drug-likeness (QED) is 0.659. The molecular weight excluding hydrogens is 174 g/mol. The molecule has 0 bridgehead atoms. The van der Waals surface area contributed by atoms with Crippen molar-refractivity contribution < 1.29 is 4.79 Å². The maximum atomic E-state index is 11.4. The van der Waals surface area contributed by atoms with Crippen molar-refractivity contribution in [1.29, 1.82) is 0 Å². The molecule has 2 heteroatoms. The molecule has 2 aliphatic rings. The Hall–Kier alpha value is -1.31. The Balaban J connectivity index is 2.15. The van der Waals surface area contributed by atoms with Crippen molar-refractivity contribution in [2.24, 2.45) is 0 Å². The minimum atomic E-state index is 0.105. The summed E-state index contributed by atoms with van der Waals surface area (Å²) >= 11 is 0. The van der Waals surface area contributed by atoms with Gasteiger partial charge in [-0.25, -0.2) is 0 Å². The average Bonchev–Trinajstić information content (AvgIpc) is 2.57. The smallest absolute Gasteiger partial charge is 0.251 e. The number of benzene rings is 1. The van der Waals surface area contributed by atoms with Crippen LogP contribution in [-0.2, 0) is 19.4 Å².